The van der Waals surface area contributed by atoms with Gasteiger partial charge in [-0.1, -0.05) is 0 Å². The van der Waals surface area contributed by atoms with E-state index in [4.69, 9.17) is 9.47 Å². The molecule has 0 saturated carbocycles. The SMILES string of the molecule is COC(=O)c1ccc(N2CCN(C(=O)c3cc4c(s3)CCOC4)C(C)C2)cc1. The summed E-state index contributed by atoms with van der Waals surface area (Å²) in [4.78, 5) is 31.0. The van der Waals surface area contributed by atoms with Crippen LogP contribution >= 0.6 is 11.3 Å². The molecule has 1 fully saturated rings. The van der Waals surface area contributed by atoms with Gasteiger partial charge in [-0.25, -0.2) is 4.79 Å². The number of fused-ring (bicyclic) bond motifs is 1. The fourth-order valence-corrected chi connectivity index (χ4v) is 4.92. The van der Waals surface area contributed by atoms with E-state index in [2.05, 4.69) is 11.8 Å². The molecule has 7 heteroatoms. The average Bonchev–Trinajstić information content (AvgIpc) is 3.17. The molecule has 1 unspecified atom stereocenters. The van der Waals surface area contributed by atoms with Crippen LogP contribution in [-0.2, 0) is 22.5 Å². The van der Waals surface area contributed by atoms with Gasteiger partial charge >= 0.3 is 5.97 Å². The van der Waals surface area contributed by atoms with Gasteiger partial charge in [0, 0.05) is 42.7 Å². The summed E-state index contributed by atoms with van der Waals surface area (Å²) in [7, 11) is 1.38. The first-order valence-corrected chi connectivity index (χ1v) is 10.3. The van der Waals surface area contributed by atoms with Gasteiger partial charge in [-0.3, -0.25) is 4.79 Å². The van der Waals surface area contributed by atoms with Crippen LogP contribution in [0.1, 0.15) is 37.4 Å². The minimum absolute atomic E-state index is 0.108. The Morgan fingerprint density at radius 2 is 2.00 bits per heavy atom. The van der Waals surface area contributed by atoms with Gasteiger partial charge in [-0.05, 0) is 42.8 Å². The number of carbonyl (C=O) groups excluding carboxylic acids is 2. The third-order valence-corrected chi connectivity index (χ3v) is 6.61. The van der Waals surface area contributed by atoms with E-state index < -0.39 is 0 Å². The van der Waals surface area contributed by atoms with Crippen LogP contribution in [-0.4, -0.2) is 56.2 Å². The summed E-state index contributed by atoms with van der Waals surface area (Å²) in [5.41, 5.74) is 2.76. The van der Waals surface area contributed by atoms with Crippen molar-refractivity contribution in [1.82, 2.24) is 4.90 Å². The number of benzene rings is 1. The quantitative estimate of drug-likeness (QED) is 0.742. The van der Waals surface area contributed by atoms with Crippen molar-refractivity contribution in [2.24, 2.45) is 0 Å². The summed E-state index contributed by atoms with van der Waals surface area (Å²) in [6, 6.07) is 9.54. The Balaban J connectivity index is 1.43. The molecule has 0 spiro atoms. The molecule has 2 aliphatic rings. The Morgan fingerprint density at radius 1 is 1.21 bits per heavy atom. The van der Waals surface area contributed by atoms with Gasteiger partial charge in [0.1, 0.15) is 0 Å². The van der Waals surface area contributed by atoms with Gasteiger partial charge in [-0.15, -0.1) is 11.3 Å². The average molecular weight is 401 g/mol. The molecule has 0 aliphatic carbocycles. The molecule has 4 rings (SSSR count). The maximum absolute atomic E-state index is 13.0. The second-order valence-corrected chi connectivity index (χ2v) is 8.33. The lowest BCUT2D eigenvalue weighted by Gasteiger charge is -2.40. The molecular formula is C21H24N2O4S. The van der Waals surface area contributed by atoms with Gasteiger partial charge in [0.25, 0.3) is 5.91 Å². The molecular weight excluding hydrogens is 376 g/mol. The zero-order valence-electron chi connectivity index (χ0n) is 16.1. The third-order valence-electron chi connectivity index (χ3n) is 5.38. The van der Waals surface area contributed by atoms with Crippen LogP contribution in [0.4, 0.5) is 5.69 Å². The monoisotopic (exact) mass is 400 g/mol. The Hall–Kier alpha value is -2.38. The highest BCUT2D eigenvalue weighted by atomic mass is 32.1. The van der Waals surface area contributed by atoms with E-state index in [-0.39, 0.29) is 17.9 Å². The fourth-order valence-electron chi connectivity index (χ4n) is 3.81. The predicted molar refractivity (Wildman–Crippen MR) is 108 cm³/mol. The number of nitrogens with zero attached hydrogens (tertiary/aromatic N) is 2. The van der Waals surface area contributed by atoms with Crippen LogP contribution in [0.25, 0.3) is 0 Å². The predicted octanol–water partition coefficient (Wildman–Crippen LogP) is 2.96. The van der Waals surface area contributed by atoms with Crippen molar-refractivity contribution in [2.45, 2.75) is 26.0 Å². The van der Waals surface area contributed by atoms with Gasteiger partial charge in [0.15, 0.2) is 0 Å². The van der Waals surface area contributed by atoms with E-state index in [9.17, 15) is 9.59 Å². The number of thiophene rings is 1. The standard InChI is InChI=1S/C21H24N2O4S/c1-14-12-22(17-5-3-15(4-6-17)21(25)26-2)8-9-23(14)20(24)19-11-16-13-27-10-7-18(16)28-19/h3-6,11,14H,7-10,12-13H2,1-2H3. The normalized spacial score (nSPS) is 19.3. The van der Waals surface area contributed by atoms with Crippen LogP contribution < -0.4 is 4.90 Å². The van der Waals surface area contributed by atoms with Gasteiger partial charge < -0.3 is 19.3 Å². The molecule has 1 atom stereocenters. The summed E-state index contributed by atoms with van der Waals surface area (Å²) in [5.74, 6) is -0.216. The molecule has 2 aliphatic heterocycles. The third kappa shape index (κ3) is 3.64. The molecule has 0 radical (unpaired) electrons. The van der Waals surface area contributed by atoms with Gasteiger partial charge in [0.2, 0.25) is 0 Å². The lowest BCUT2D eigenvalue weighted by atomic mass is 10.1. The molecule has 1 saturated heterocycles. The van der Waals surface area contributed by atoms with Crippen LogP contribution in [0.15, 0.2) is 30.3 Å². The maximum Gasteiger partial charge on any atom is 0.337 e. The summed E-state index contributed by atoms with van der Waals surface area (Å²) in [5, 5.41) is 0. The lowest BCUT2D eigenvalue weighted by Crippen LogP contribution is -2.54. The van der Waals surface area contributed by atoms with E-state index >= 15 is 0 Å². The van der Waals surface area contributed by atoms with Crippen molar-refractivity contribution in [1.29, 1.82) is 0 Å². The second-order valence-electron chi connectivity index (χ2n) is 7.19. The largest absolute Gasteiger partial charge is 0.465 e. The summed E-state index contributed by atoms with van der Waals surface area (Å²) in [6.45, 7) is 5.65. The molecule has 6 nitrogen and oxygen atoms in total. The number of piperazine rings is 1. The summed E-state index contributed by atoms with van der Waals surface area (Å²) < 4.78 is 10.2. The second kappa shape index (κ2) is 7.93. The summed E-state index contributed by atoms with van der Waals surface area (Å²) >= 11 is 1.61. The van der Waals surface area contributed by atoms with Crippen LogP contribution in [0.3, 0.4) is 0 Å². The smallest absolute Gasteiger partial charge is 0.337 e. The summed E-state index contributed by atoms with van der Waals surface area (Å²) in [6.07, 6.45) is 0.901. The Bertz CT molecular complexity index is 854. The van der Waals surface area contributed by atoms with Crippen molar-refractivity contribution in [3.8, 4) is 0 Å². The van der Waals surface area contributed by atoms with Gasteiger partial charge in [0.05, 0.1) is 30.8 Å². The maximum atomic E-state index is 13.0. The highest BCUT2D eigenvalue weighted by Crippen LogP contribution is 2.29. The minimum atomic E-state index is -0.334. The van der Waals surface area contributed by atoms with E-state index in [0.717, 1.165) is 42.2 Å². The lowest BCUT2D eigenvalue weighted by molar-refractivity contribution is 0.0599. The van der Waals surface area contributed by atoms with Crippen molar-refractivity contribution < 1.29 is 19.1 Å². The number of methoxy groups -OCH3 is 1. The number of hydrogen-bond acceptors (Lipinski definition) is 6. The van der Waals surface area contributed by atoms with E-state index in [1.807, 2.05) is 23.1 Å². The highest BCUT2D eigenvalue weighted by molar-refractivity contribution is 7.14. The zero-order chi connectivity index (χ0) is 19.7. The van der Waals surface area contributed by atoms with E-state index in [0.29, 0.717) is 18.7 Å². The number of ether oxygens (including phenoxy) is 2. The number of hydrogen-bond donors (Lipinski definition) is 0. The topological polar surface area (TPSA) is 59.1 Å². The molecule has 3 heterocycles. The molecule has 1 amide bonds. The Labute approximate surface area is 168 Å². The van der Waals surface area contributed by atoms with Crippen LogP contribution in [0, 0.1) is 0 Å². The Kier molecular flexibility index (Phi) is 5.37. The van der Waals surface area contributed by atoms with Crippen LogP contribution in [0.2, 0.25) is 0 Å². The first kappa shape index (κ1) is 19.0. The van der Waals surface area contributed by atoms with Crippen molar-refractivity contribution in [2.75, 3.05) is 38.3 Å². The van der Waals surface area contributed by atoms with Gasteiger partial charge in [-0.2, -0.15) is 0 Å². The Morgan fingerprint density at radius 3 is 2.68 bits per heavy atom. The van der Waals surface area contributed by atoms with E-state index in [1.54, 1.807) is 23.5 Å². The molecule has 1 aromatic carbocycles. The number of rotatable bonds is 3. The first-order chi connectivity index (χ1) is 13.6. The van der Waals surface area contributed by atoms with Crippen LogP contribution in [0.5, 0.6) is 0 Å². The molecule has 28 heavy (non-hydrogen) atoms. The zero-order valence-corrected chi connectivity index (χ0v) is 17.0. The van der Waals surface area contributed by atoms with Crippen molar-refractivity contribution >= 4 is 28.9 Å². The number of anilines is 1. The number of amides is 1. The minimum Gasteiger partial charge on any atom is -0.465 e. The number of carbonyl (C=O) groups is 2. The molecule has 2 aromatic rings. The molecule has 1 aromatic heterocycles. The number of esters is 1. The van der Waals surface area contributed by atoms with Crippen molar-refractivity contribution in [3.05, 3.63) is 51.2 Å². The van der Waals surface area contributed by atoms with Crippen molar-refractivity contribution in [3.63, 3.8) is 0 Å². The highest BCUT2D eigenvalue weighted by Gasteiger charge is 2.30. The first-order valence-electron chi connectivity index (χ1n) is 9.50. The molecule has 0 N–H and O–H groups in total. The molecule has 148 valence electrons. The molecule has 0 bridgehead atoms. The van der Waals surface area contributed by atoms with E-state index in [1.165, 1.54) is 12.0 Å². The fraction of sp³-hybridized carbons (Fsp3) is 0.429.